The van der Waals surface area contributed by atoms with Crippen molar-refractivity contribution in [3.05, 3.63) is 35.9 Å². The normalized spacial score (nSPS) is 13.9. The molecule has 0 spiro atoms. The van der Waals surface area contributed by atoms with E-state index in [9.17, 15) is 14.7 Å². The van der Waals surface area contributed by atoms with Gasteiger partial charge >= 0.3 is 12.1 Å². The van der Waals surface area contributed by atoms with E-state index in [-0.39, 0.29) is 0 Å². The topological polar surface area (TPSA) is 102 Å². The summed E-state index contributed by atoms with van der Waals surface area (Å²) in [6, 6.07) is 6.05. The van der Waals surface area contributed by atoms with E-state index in [0.29, 0.717) is 5.69 Å². The quantitative estimate of drug-likeness (QED) is 0.705. The Morgan fingerprint density at radius 2 is 1.76 bits per heavy atom. The Balaban J connectivity index is 3.22. The van der Waals surface area contributed by atoms with Gasteiger partial charge in [0.25, 0.3) is 0 Å². The molecule has 4 N–H and O–H groups in total. The first-order valence-electron chi connectivity index (χ1n) is 8.14. The number of carboxylic acids is 1. The number of aliphatic carboxylic acids is 1. The van der Waals surface area contributed by atoms with Gasteiger partial charge in [-0.1, -0.05) is 38.1 Å². The zero-order valence-electron chi connectivity index (χ0n) is 15.7. The highest BCUT2D eigenvalue weighted by molar-refractivity contribution is 5.87. The molecule has 1 aromatic carbocycles. The van der Waals surface area contributed by atoms with Gasteiger partial charge < -0.3 is 20.9 Å². The molecule has 138 valence electrons. The highest BCUT2D eigenvalue weighted by Gasteiger charge is 2.41. The van der Waals surface area contributed by atoms with Crippen molar-refractivity contribution < 1.29 is 19.4 Å². The molecule has 0 saturated carbocycles. The average molecular weight is 348 g/mol. The van der Waals surface area contributed by atoms with Crippen LogP contribution in [-0.4, -0.2) is 28.8 Å². The number of nitrogens with one attached hydrogen (secondary N) is 1. The number of hydrogen-bond acceptors (Lipinski definition) is 4. The SMILES string of the molecule is C/C=C(\c1ccccc1N)C(C)(C)[C@H](NC(=O)OC(C)(C)C)C(=O)O. The van der Waals surface area contributed by atoms with Crippen molar-refractivity contribution in [2.75, 3.05) is 5.73 Å². The summed E-state index contributed by atoms with van der Waals surface area (Å²) in [7, 11) is 0. The smallest absolute Gasteiger partial charge is 0.408 e. The molecule has 0 aliphatic rings. The molecule has 1 rings (SSSR count). The molecule has 0 bridgehead atoms. The van der Waals surface area contributed by atoms with Gasteiger partial charge in [-0.2, -0.15) is 0 Å². The number of carboxylic acid groups (broad SMARTS) is 1. The summed E-state index contributed by atoms with van der Waals surface area (Å²) in [6.07, 6.45) is 1.04. The predicted molar refractivity (Wildman–Crippen MR) is 99.1 cm³/mol. The van der Waals surface area contributed by atoms with E-state index in [1.807, 2.05) is 31.2 Å². The fourth-order valence-electron chi connectivity index (χ4n) is 2.75. The second-order valence-electron chi connectivity index (χ2n) is 7.43. The molecule has 0 aromatic heterocycles. The number of nitrogens with two attached hydrogens (primary N) is 1. The number of rotatable bonds is 5. The maximum absolute atomic E-state index is 12.1. The van der Waals surface area contributed by atoms with Crippen molar-refractivity contribution in [1.82, 2.24) is 5.32 Å². The predicted octanol–water partition coefficient (Wildman–Crippen LogP) is 3.68. The fraction of sp³-hybridized carbons (Fsp3) is 0.474. The summed E-state index contributed by atoms with van der Waals surface area (Å²) in [6.45, 7) is 10.5. The molecule has 0 radical (unpaired) electrons. The third-order valence-electron chi connectivity index (χ3n) is 3.86. The summed E-state index contributed by atoms with van der Waals surface area (Å²) >= 11 is 0. The molecule has 0 aliphatic carbocycles. The van der Waals surface area contributed by atoms with E-state index in [2.05, 4.69) is 5.32 Å². The van der Waals surface area contributed by atoms with Crippen molar-refractivity contribution in [3.8, 4) is 0 Å². The number of anilines is 1. The lowest BCUT2D eigenvalue weighted by Gasteiger charge is -2.35. The Morgan fingerprint density at radius 1 is 1.20 bits per heavy atom. The lowest BCUT2D eigenvalue weighted by atomic mass is 9.74. The molecule has 6 heteroatoms. The lowest BCUT2D eigenvalue weighted by Crippen LogP contribution is -2.51. The summed E-state index contributed by atoms with van der Waals surface area (Å²) in [5, 5.41) is 12.2. The molecule has 1 atom stereocenters. The van der Waals surface area contributed by atoms with E-state index in [0.717, 1.165) is 11.1 Å². The van der Waals surface area contributed by atoms with Crippen molar-refractivity contribution in [3.63, 3.8) is 0 Å². The Labute approximate surface area is 149 Å². The first kappa shape index (κ1) is 20.5. The van der Waals surface area contributed by atoms with Crippen LogP contribution >= 0.6 is 0 Å². The molecule has 0 aliphatic heterocycles. The highest BCUT2D eigenvalue weighted by Crippen LogP contribution is 2.40. The third-order valence-corrected chi connectivity index (χ3v) is 3.86. The third kappa shape index (κ3) is 5.24. The summed E-state index contributed by atoms with van der Waals surface area (Å²) in [5.74, 6) is -1.15. The highest BCUT2D eigenvalue weighted by atomic mass is 16.6. The van der Waals surface area contributed by atoms with Gasteiger partial charge in [0.1, 0.15) is 11.6 Å². The van der Waals surface area contributed by atoms with Crippen LogP contribution in [0.15, 0.2) is 30.3 Å². The van der Waals surface area contributed by atoms with Crippen LogP contribution in [0.1, 0.15) is 47.1 Å². The van der Waals surface area contributed by atoms with Crippen LogP contribution in [0.2, 0.25) is 0 Å². The molecule has 25 heavy (non-hydrogen) atoms. The van der Waals surface area contributed by atoms with Gasteiger partial charge in [0, 0.05) is 16.7 Å². The largest absolute Gasteiger partial charge is 0.480 e. The van der Waals surface area contributed by atoms with Crippen LogP contribution in [0.3, 0.4) is 0 Å². The van der Waals surface area contributed by atoms with Crippen molar-refractivity contribution in [2.24, 2.45) is 5.41 Å². The minimum atomic E-state index is -1.19. The van der Waals surface area contributed by atoms with E-state index in [4.69, 9.17) is 10.5 Å². The number of alkyl carbamates (subject to hydrolysis) is 1. The van der Waals surface area contributed by atoms with Gasteiger partial charge in [-0.05, 0) is 39.3 Å². The first-order valence-corrected chi connectivity index (χ1v) is 8.14. The van der Waals surface area contributed by atoms with Crippen molar-refractivity contribution in [2.45, 2.75) is 53.2 Å². The molecule has 0 fully saturated rings. The van der Waals surface area contributed by atoms with Crippen LogP contribution < -0.4 is 11.1 Å². The Bertz CT molecular complexity index is 672. The van der Waals surface area contributed by atoms with Crippen LogP contribution in [-0.2, 0) is 9.53 Å². The number of para-hydroxylation sites is 1. The van der Waals surface area contributed by atoms with E-state index in [1.54, 1.807) is 40.7 Å². The monoisotopic (exact) mass is 348 g/mol. The van der Waals surface area contributed by atoms with Gasteiger partial charge in [0.2, 0.25) is 0 Å². The number of allylic oxidation sites excluding steroid dienone is 1. The average Bonchev–Trinajstić information content (AvgIpc) is 2.45. The summed E-state index contributed by atoms with van der Waals surface area (Å²) in [4.78, 5) is 23.9. The molecule has 6 nitrogen and oxygen atoms in total. The second-order valence-corrected chi connectivity index (χ2v) is 7.43. The van der Waals surface area contributed by atoms with Gasteiger partial charge in [-0.3, -0.25) is 0 Å². The van der Waals surface area contributed by atoms with Crippen LogP contribution in [0, 0.1) is 5.41 Å². The maximum atomic E-state index is 12.1. The van der Waals surface area contributed by atoms with Crippen LogP contribution in [0.5, 0.6) is 0 Å². The zero-order valence-corrected chi connectivity index (χ0v) is 15.7. The zero-order chi connectivity index (χ0) is 19.4. The summed E-state index contributed by atoms with van der Waals surface area (Å²) < 4.78 is 5.20. The van der Waals surface area contributed by atoms with Crippen LogP contribution in [0.25, 0.3) is 5.57 Å². The molecule has 1 amide bonds. The van der Waals surface area contributed by atoms with Gasteiger partial charge in [-0.25, -0.2) is 9.59 Å². The standard InChI is InChI=1S/C19H28N2O4/c1-7-13(12-10-8-9-11-14(12)20)19(5,6)15(16(22)23)21-17(24)25-18(2,3)4/h7-11,15H,20H2,1-6H3,(H,21,24)(H,22,23)/b13-7+/t15-/m1/s1. The molecular formula is C19H28N2O4. The number of ether oxygens (including phenoxy) is 1. The number of nitrogen functional groups attached to an aromatic ring is 1. The van der Waals surface area contributed by atoms with Gasteiger partial charge in [-0.15, -0.1) is 0 Å². The Morgan fingerprint density at radius 3 is 2.20 bits per heavy atom. The lowest BCUT2D eigenvalue weighted by molar-refractivity contribution is -0.141. The number of amides is 1. The van der Waals surface area contributed by atoms with Gasteiger partial charge in [0.05, 0.1) is 0 Å². The minimum absolute atomic E-state index is 0.546. The maximum Gasteiger partial charge on any atom is 0.408 e. The number of hydrogen-bond donors (Lipinski definition) is 3. The molecule has 0 unspecified atom stereocenters. The Hall–Kier alpha value is -2.50. The minimum Gasteiger partial charge on any atom is -0.480 e. The number of carbonyl (C=O) groups is 2. The molecular weight excluding hydrogens is 320 g/mol. The molecule has 0 heterocycles. The Kier molecular flexibility index (Phi) is 6.24. The van der Waals surface area contributed by atoms with E-state index >= 15 is 0 Å². The van der Waals surface area contributed by atoms with Crippen LogP contribution in [0.4, 0.5) is 10.5 Å². The summed E-state index contributed by atoms with van der Waals surface area (Å²) in [5.41, 5.74) is 6.43. The molecule has 1 aromatic rings. The van der Waals surface area contributed by atoms with Crippen molar-refractivity contribution in [1.29, 1.82) is 0 Å². The van der Waals surface area contributed by atoms with Gasteiger partial charge in [0.15, 0.2) is 0 Å². The number of benzene rings is 1. The number of carbonyl (C=O) groups excluding carboxylic acids is 1. The fourth-order valence-corrected chi connectivity index (χ4v) is 2.75. The second kappa shape index (κ2) is 7.59. The first-order chi connectivity index (χ1) is 11.4. The molecule has 0 saturated heterocycles. The van der Waals surface area contributed by atoms with E-state index < -0.39 is 29.1 Å². The van der Waals surface area contributed by atoms with Crippen molar-refractivity contribution >= 4 is 23.3 Å². The van der Waals surface area contributed by atoms with E-state index in [1.165, 1.54) is 0 Å².